The molecule has 8 heteroatoms. The minimum Gasteiger partial charge on any atom is -0.340 e. The van der Waals surface area contributed by atoms with E-state index in [1.807, 2.05) is 57.2 Å². The molecule has 1 amide bonds. The summed E-state index contributed by atoms with van der Waals surface area (Å²) >= 11 is 0. The Kier molecular flexibility index (Phi) is 5.66. The Labute approximate surface area is 192 Å². The van der Waals surface area contributed by atoms with Crippen LogP contribution in [0.15, 0.2) is 40.9 Å². The number of fused-ring (bicyclic) bond motifs is 3. The minimum atomic E-state index is -0.425. The van der Waals surface area contributed by atoms with Gasteiger partial charge in [0.2, 0.25) is 11.7 Å². The number of nitrogens with zero attached hydrogens (tertiary/aromatic N) is 5. The monoisotopic (exact) mass is 444 g/mol. The van der Waals surface area contributed by atoms with Gasteiger partial charge in [-0.25, -0.2) is 9.97 Å². The third-order valence-corrected chi connectivity index (χ3v) is 6.13. The number of benzene rings is 1. The van der Waals surface area contributed by atoms with Gasteiger partial charge in [-0.15, -0.1) is 0 Å². The first-order chi connectivity index (χ1) is 16.0. The molecule has 0 spiro atoms. The van der Waals surface area contributed by atoms with Crippen molar-refractivity contribution in [2.24, 2.45) is 5.92 Å². The molecule has 5 rings (SSSR count). The standard InChI is InChI=1S/C25H28N6O2/c1-15(2)20(25-29-22(30-33-25)17-10-6-4-7-11-17)28-24(32)18-14-16(3)26-23-21(18)27-19-12-8-5-9-13-31(19)23/h4,6-7,10-11,14-15,20H,5,8-9,12-13H2,1-3H3,(H,28,32). The molecule has 1 unspecified atom stereocenters. The highest BCUT2D eigenvalue weighted by Crippen LogP contribution is 2.27. The van der Waals surface area contributed by atoms with Gasteiger partial charge in [0.15, 0.2) is 5.65 Å². The predicted octanol–water partition coefficient (Wildman–Crippen LogP) is 4.64. The lowest BCUT2D eigenvalue weighted by Gasteiger charge is -2.18. The van der Waals surface area contributed by atoms with Gasteiger partial charge in [0.05, 0.1) is 5.56 Å². The van der Waals surface area contributed by atoms with E-state index in [0.29, 0.717) is 22.8 Å². The van der Waals surface area contributed by atoms with Crippen molar-refractivity contribution in [3.05, 3.63) is 59.4 Å². The second-order valence-corrected chi connectivity index (χ2v) is 8.99. The van der Waals surface area contributed by atoms with Crippen molar-refractivity contribution in [1.29, 1.82) is 0 Å². The summed E-state index contributed by atoms with van der Waals surface area (Å²) in [5.41, 5.74) is 3.65. The van der Waals surface area contributed by atoms with Crippen LogP contribution in [0.4, 0.5) is 0 Å². The fraction of sp³-hybridized carbons (Fsp3) is 0.400. The van der Waals surface area contributed by atoms with E-state index in [1.165, 1.54) is 6.42 Å². The number of rotatable bonds is 5. The molecule has 3 aromatic heterocycles. The summed E-state index contributed by atoms with van der Waals surface area (Å²) in [6, 6.07) is 11.0. The van der Waals surface area contributed by atoms with Gasteiger partial charge in [-0.05, 0) is 31.7 Å². The van der Waals surface area contributed by atoms with E-state index in [9.17, 15) is 4.79 Å². The Morgan fingerprint density at radius 2 is 1.91 bits per heavy atom. The van der Waals surface area contributed by atoms with Crippen LogP contribution in [-0.2, 0) is 13.0 Å². The Balaban J connectivity index is 1.47. The van der Waals surface area contributed by atoms with Gasteiger partial charge in [-0.3, -0.25) is 4.79 Å². The van der Waals surface area contributed by atoms with Crippen molar-refractivity contribution < 1.29 is 9.32 Å². The molecule has 1 aliphatic heterocycles. The first-order valence-corrected chi connectivity index (χ1v) is 11.6. The van der Waals surface area contributed by atoms with E-state index in [2.05, 4.69) is 20.0 Å². The molecule has 0 fully saturated rings. The molecule has 1 atom stereocenters. The smallest absolute Gasteiger partial charge is 0.254 e. The molecular formula is C25H28N6O2. The molecule has 4 heterocycles. The van der Waals surface area contributed by atoms with Crippen LogP contribution in [0.25, 0.3) is 22.6 Å². The van der Waals surface area contributed by atoms with Crippen LogP contribution in [0.2, 0.25) is 0 Å². The summed E-state index contributed by atoms with van der Waals surface area (Å²) in [6.45, 7) is 6.84. The minimum absolute atomic E-state index is 0.0511. The normalized spacial score (nSPS) is 14.8. The van der Waals surface area contributed by atoms with Gasteiger partial charge in [-0.2, -0.15) is 4.98 Å². The quantitative estimate of drug-likeness (QED) is 0.481. The number of hydrogen-bond acceptors (Lipinski definition) is 6. The van der Waals surface area contributed by atoms with Crippen LogP contribution in [0.3, 0.4) is 0 Å². The van der Waals surface area contributed by atoms with Crippen molar-refractivity contribution in [3.8, 4) is 11.4 Å². The molecule has 0 saturated heterocycles. The lowest BCUT2D eigenvalue weighted by atomic mass is 10.0. The third-order valence-electron chi connectivity index (χ3n) is 6.13. The molecule has 0 aliphatic carbocycles. The molecule has 0 bridgehead atoms. The van der Waals surface area contributed by atoms with Crippen molar-refractivity contribution in [1.82, 2.24) is 30.0 Å². The largest absolute Gasteiger partial charge is 0.340 e. The fourth-order valence-electron chi connectivity index (χ4n) is 4.39. The lowest BCUT2D eigenvalue weighted by molar-refractivity contribution is 0.0915. The van der Waals surface area contributed by atoms with Crippen molar-refractivity contribution in [3.63, 3.8) is 0 Å². The van der Waals surface area contributed by atoms with E-state index in [4.69, 9.17) is 14.5 Å². The highest BCUT2D eigenvalue weighted by atomic mass is 16.5. The molecular weight excluding hydrogens is 416 g/mol. The molecule has 0 radical (unpaired) electrons. The zero-order valence-corrected chi connectivity index (χ0v) is 19.2. The zero-order valence-electron chi connectivity index (χ0n) is 19.2. The number of carbonyl (C=O) groups excluding carboxylic acids is 1. The average Bonchev–Trinajstić information content (AvgIpc) is 3.35. The van der Waals surface area contributed by atoms with Crippen LogP contribution >= 0.6 is 0 Å². The topological polar surface area (TPSA) is 98.7 Å². The summed E-state index contributed by atoms with van der Waals surface area (Å²) < 4.78 is 7.74. The van der Waals surface area contributed by atoms with Gasteiger partial charge in [0.1, 0.15) is 17.4 Å². The molecule has 1 aromatic carbocycles. The maximum atomic E-state index is 13.5. The number of aryl methyl sites for hydroxylation is 3. The highest BCUT2D eigenvalue weighted by molar-refractivity contribution is 6.04. The first-order valence-electron chi connectivity index (χ1n) is 11.6. The van der Waals surface area contributed by atoms with Gasteiger partial charge in [0.25, 0.3) is 5.91 Å². The predicted molar refractivity (Wildman–Crippen MR) is 125 cm³/mol. The summed E-state index contributed by atoms with van der Waals surface area (Å²) in [5, 5.41) is 7.24. The lowest BCUT2D eigenvalue weighted by Crippen LogP contribution is -2.32. The van der Waals surface area contributed by atoms with Crippen LogP contribution < -0.4 is 5.32 Å². The van der Waals surface area contributed by atoms with E-state index >= 15 is 0 Å². The number of hydrogen-bond donors (Lipinski definition) is 1. The van der Waals surface area contributed by atoms with Gasteiger partial charge < -0.3 is 14.4 Å². The van der Waals surface area contributed by atoms with E-state index in [-0.39, 0.29) is 11.8 Å². The number of nitrogens with one attached hydrogen (secondary N) is 1. The zero-order chi connectivity index (χ0) is 22.9. The molecule has 170 valence electrons. The van der Waals surface area contributed by atoms with Crippen LogP contribution in [0.1, 0.15) is 66.9 Å². The maximum Gasteiger partial charge on any atom is 0.254 e. The molecule has 33 heavy (non-hydrogen) atoms. The van der Waals surface area contributed by atoms with Gasteiger partial charge >= 0.3 is 0 Å². The maximum absolute atomic E-state index is 13.5. The number of carbonyl (C=O) groups is 1. The summed E-state index contributed by atoms with van der Waals surface area (Å²) in [7, 11) is 0. The Morgan fingerprint density at radius 1 is 1.09 bits per heavy atom. The number of aromatic nitrogens is 5. The van der Waals surface area contributed by atoms with Crippen LogP contribution in [-0.4, -0.2) is 30.6 Å². The van der Waals surface area contributed by atoms with Crippen molar-refractivity contribution >= 4 is 17.1 Å². The van der Waals surface area contributed by atoms with E-state index in [1.54, 1.807) is 0 Å². The highest BCUT2D eigenvalue weighted by Gasteiger charge is 2.28. The Hall–Kier alpha value is -3.55. The number of imidazole rings is 1. The average molecular weight is 445 g/mol. The van der Waals surface area contributed by atoms with Gasteiger partial charge in [0, 0.05) is 24.2 Å². The molecule has 0 saturated carbocycles. The summed E-state index contributed by atoms with van der Waals surface area (Å²) in [5.74, 6) is 1.75. The molecule has 1 N–H and O–H groups in total. The van der Waals surface area contributed by atoms with E-state index < -0.39 is 6.04 Å². The van der Waals surface area contributed by atoms with Crippen molar-refractivity contribution in [2.45, 2.75) is 59.0 Å². The second-order valence-electron chi connectivity index (χ2n) is 8.99. The fourth-order valence-corrected chi connectivity index (χ4v) is 4.39. The van der Waals surface area contributed by atoms with Crippen molar-refractivity contribution in [2.75, 3.05) is 0 Å². The first kappa shape index (κ1) is 21.3. The number of pyridine rings is 1. The summed E-state index contributed by atoms with van der Waals surface area (Å²) in [6.07, 6.45) is 4.32. The summed E-state index contributed by atoms with van der Waals surface area (Å²) in [4.78, 5) is 27.6. The third kappa shape index (κ3) is 4.13. The SMILES string of the molecule is Cc1cc(C(=O)NC(c2nc(-c3ccccc3)no2)C(C)C)c2nc3n(c2n1)CCCCC3. The molecule has 1 aliphatic rings. The number of amides is 1. The molecule has 4 aromatic rings. The Bertz CT molecular complexity index is 1290. The van der Waals surface area contributed by atoms with E-state index in [0.717, 1.165) is 48.5 Å². The van der Waals surface area contributed by atoms with Crippen LogP contribution in [0, 0.1) is 12.8 Å². The van der Waals surface area contributed by atoms with Crippen LogP contribution in [0.5, 0.6) is 0 Å². The molecule has 8 nitrogen and oxygen atoms in total. The Morgan fingerprint density at radius 3 is 2.70 bits per heavy atom. The van der Waals surface area contributed by atoms with Gasteiger partial charge in [-0.1, -0.05) is 55.8 Å². The second kappa shape index (κ2) is 8.77.